The number of pyridine rings is 1. The number of hydrogen-bond acceptors (Lipinski definition) is 9. The third-order valence-electron chi connectivity index (χ3n) is 8.43. The van der Waals surface area contributed by atoms with Gasteiger partial charge in [0, 0.05) is 63.8 Å². The summed E-state index contributed by atoms with van der Waals surface area (Å²) in [6, 6.07) is 4.70. The Balaban J connectivity index is 1.45. The minimum atomic E-state index is -4.87. The summed E-state index contributed by atoms with van der Waals surface area (Å²) in [5, 5.41) is 8.94. The molecule has 0 saturated carbocycles. The van der Waals surface area contributed by atoms with E-state index in [0.29, 0.717) is 54.7 Å². The maximum Gasteiger partial charge on any atom is 0.419 e. The number of carboxylic acids is 1. The third kappa shape index (κ3) is 8.01. The molecule has 4 heterocycles. The number of hydrogen-bond donors (Lipinski definition) is 2. The van der Waals surface area contributed by atoms with Crippen LogP contribution in [0.1, 0.15) is 39.2 Å². The minimum absolute atomic E-state index is 0.0985. The molecular weight excluding hydrogens is 632 g/mol. The number of H-pyrrole nitrogens is 1. The maximum absolute atomic E-state index is 14.1. The molecule has 48 heavy (non-hydrogen) atoms. The molecule has 258 valence electrons. The van der Waals surface area contributed by atoms with Crippen LogP contribution in [0.25, 0.3) is 33.9 Å². The number of fused-ring (bicyclic) bond motifs is 1. The van der Waals surface area contributed by atoms with Gasteiger partial charge in [0.15, 0.2) is 11.5 Å². The number of carboxylic acid groups (broad SMARTS) is 1. The first-order valence-electron chi connectivity index (χ1n) is 15.7. The van der Waals surface area contributed by atoms with Gasteiger partial charge in [-0.15, -0.1) is 0 Å². The number of nitrogens with one attached hydrogen (secondary N) is 1. The Kier molecular flexibility index (Phi) is 10.2. The average Bonchev–Trinajstić information content (AvgIpc) is 3.45. The molecule has 2 N–H and O–H groups in total. The Labute approximate surface area is 276 Å². The number of piperazine rings is 1. The van der Waals surface area contributed by atoms with Gasteiger partial charge in [-0.25, -0.2) is 24.3 Å². The van der Waals surface area contributed by atoms with Gasteiger partial charge in [-0.2, -0.15) is 13.2 Å². The number of alkyl halides is 3. The number of halogens is 4. The van der Waals surface area contributed by atoms with E-state index in [2.05, 4.69) is 41.6 Å². The van der Waals surface area contributed by atoms with Crippen LogP contribution in [0.15, 0.2) is 36.7 Å². The highest BCUT2D eigenvalue weighted by atomic mass is 19.4. The number of carbonyl (C=O) groups is 1. The summed E-state index contributed by atoms with van der Waals surface area (Å²) in [5.74, 6) is -1.07. The fourth-order valence-electron chi connectivity index (χ4n) is 6.18. The summed E-state index contributed by atoms with van der Waals surface area (Å²) >= 11 is 0. The van der Waals surface area contributed by atoms with E-state index in [-0.39, 0.29) is 34.8 Å². The molecule has 1 saturated heterocycles. The molecule has 0 amide bonds. The fourth-order valence-corrected chi connectivity index (χ4v) is 6.18. The van der Waals surface area contributed by atoms with Crippen molar-refractivity contribution in [2.24, 2.45) is 5.41 Å². The number of rotatable bonds is 12. The van der Waals surface area contributed by atoms with Crippen molar-refractivity contribution in [3.05, 3.63) is 48.0 Å². The number of anilines is 2. The van der Waals surface area contributed by atoms with Crippen molar-refractivity contribution in [3.8, 4) is 22.8 Å². The van der Waals surface area contributed by atoms with Crippen LogP contribution >= 0.6 is 0 Å². The summed E-state index contributed by atoms with van der Waals surface area (Å²) in [7, 11) is 3.49. The van der Waals surface area contributed by atoms with E-state index in [1.54, 1.807) is 25.6 Å². The second kappa shape index (κ2) is 14.0. The van der Waals surface area contributed by atoms with Crippen molar-refractivity contribution < 1.29 is 32.2 Å². The molecule has 0 aliphatic carbocycles. The molecule has 1 aliphatic rings. The van der Waals surface area contributed by atoms with Crippen molar-refractivity contribution in [1.29, 1.82) is 0 Å². The zero-order valence-corrected chi connectivity index (χ0v) is 27.6. The van der Waals surface area contributed by atoms with Gasteiger partial charge in [0.1, 0.15) is 22.8 Å². The predicted molar refractivity (Wildman–Crippen MR) is 174 cm³/mol. The van der Waals surface area contributed by atoms with Crippen LogP contribution < -0.4 is 9.80 Å². The van der Waals surface area contributed by atoms with Gasteiger partial charge in [0.2, 0.25) is 0 Å². The van der Waals surface area contributed by atoms with Crippen molar-refractivity contribution in [2.75, 3.05) is 63.3 Å². The molecule has 0 bridgehead atoms. The standard InChI is InChI=1S/C33H40F4N8O3/c1-20-17-45(12-11-44(20)10-6-7-28(46)47)27-16-38-25(15-39-27)30-41-29-26(43(4)18-32(2,3)19-48-5)14-24(40-31(29)42-30)21-8-9-23(34)22(13-21)33(35,36)37/h8-9,13-16,20H,6-7,10-12,17-19H2,1-5H3,(H,46,47)(H,40,41,42)/t20-/m0/s1. The minimum Gasteiger partial charge on any atom is -0.481 e. The van der Waals surface area contributed by atoms with Gasteiger partial charge in [0.25, 0.3) is 0 Å². The molecule has 0 radical (unpaired) electrons. The molecule has 11 nitrogen and oxygen atoms in total. The van der Waals surface area contributed by atoms with Gasteiger partial charge < -0.3 is 24.6 Å². The van der Waals surface area contributed by atoms with Crippen LogP contribution in [-0.2, 0) is 15.7 Å². The van der Waals surface area contributed by atoms with Crippen LogP contribution in [0, 0.1) is 11.2 Å². The van der Waals surface area contributed by atoms with E-state index < -0.39 is 23.5 Å². The second-order valence-corrected chi connectivity index (χ2v) is 13.0. The molecule has 5 rings (SSSR count). The summed E-state index contributed by atoms with van der Waals surface area (Å²) in [6.07, 6.45) is -0.841. The Morgan fingerprint density at radius 1 is 1.12 bits per heavy atom. The van der Waals surface area contributed by atoms with Gasteiger partial charge in [-0.05, 0) is 44.2 Å². The van der Waals surface area contributed by atoms with Gasteiger partial charge in [0.05, 0.1) is 35.9 Å². The highest BCUT2D eigenvalue weighted by Gasteiger charge is 2.34. The third-order valence-corrected chi connectivity index (χ3v) is 8.43. The summed E-state index contributed by atoms with van der Waals surface area (Å²) in [4.78, 5) is 39.0. The number of benzene rings is 1. The molecule has 0 spiro atoms. The number of methoxy groups -OCH3 is 1. The topological polar surface area (TPSA) is 124 Å². The Bertz CT molecular complexity index is 1750. The van der Waals surface area contributed by atoms with E-state index in [4.69, 9.17) is 9.84 Å². The SMILES string of the molecule is COCC(C)(C)CN(C)c1cc(-c2ccc(F)c(C(F)(F)F)c2)nc2nc(-c3cnc(N4CCN(CCCC(=O)O)[C@@H](C)C4)cn3)[nH]c12. The van der Waals surface area contributed by atoms with E-state index >= 15 is 0 Å². The number of aromatic nitrogens is 5. The van der Waals surface area contributed by atoms with Crippen molar-refractivity contribution in [3.63, 3.8) is 0 Å². The lowest BCUT2D eigenvalue weighted by Crippen LogP contribution is -2.52. The highest BCUT2D eigenvalue weighted by molar-refractivity contribution is 5.91. The van der Waals surface area contributed by atoms with Crippen LogP contribution in [0.3, 0.4) is 0 Å². The molecule has 1 atom stereocenters. The highest BCUT2D eigenvalue weighted by Crippen LogP contribution is 2.37. The Morgan fingerprint density at radius 3 is 2.54 bits per heavy atom. The fraction of sp³-hybridized carbons (Fsp3) is 0.485. The van der Waals surface area contributed by atoms with Gasteiger partial charge in [-0.3, -0.25) is 9.69 Å². The van der Waals surface area contributed by atoms with Crippen LogP contribution in [0.2, 0.25) is 0 Å². The zero-order valence-electron chi connectivity index (χ0n) is 27.6. The second-order valence-electron chi connectivity index (χ2n) is 13.0. The molecule has 15 heteroatoms. The first kappa shape index (κ1) is 35.0. The zero-order chi connectivity index (χ0) is 34.8. The molecule has 4 aromatic rings. The summed E-state index contributed by atoms with van der Waals surface area (Å²) in [6.45, 7) is 10.1. The monoisotopic (exact) mass is 672 g/mol. The van der Waals surface area contributed by atoms with Crippen LogP contribution in [0.4, 0.5) is 29.1 Å². The number of nitrogens with zero attached hydrogens (tertiary/aromatic N) is 7. The maximum atomic E-state index is 14.1. The lowest BCUT2D eigenvalue weighted by Gasteiger charge is -2.40. The molecule has 3 aromatic heterocycles. The summed E-state index contributed by atoms with van der Waals surface area (Å²) in [5.41, 5.74) is 0.557. The van der Waals surface area contributed by atoms with Crippen molar-refractivity contribution in [1.82, 2.24) is 29.8 Å². The normalized spacial score (nSPS) is 16.1. The van der Waals surface area contributed by atoms with Crippen LogP contribution in [-0.4, -0.2) is 100 Å². The smallest absolute Gasteiger partial charge is 0.419 e. The van der Waals surface area contributed by atoms with E-state index in [9.17, 15) is 22.4 Å². The average molecular weight is 673 g/mol. The largest absolute Gasteiger partial charge is 0.481 e. The summed E-state index contributed by atoms with van der Waals surface area (Å²) < 4.78 is 60.2. The molecular formula is C33H40F4N8O3. The number of aromatic amines is 1. The van der Waals surface area contributed by atoms with Crippen molar-refractivity contribution >= 4 is 28.6 Å². The van der Waals surface area contributed by atoms with Crippen molar-refractivity contribution in [2.45, 2.75) is 45.8 Å². The van der Waals surface area contributed by atoms with Gasteiger partial charge in [-0.1, -0.05) is 13.8 Å². The lowest BCUT2D eigenvalue weighted by molar-refractivity contribution is -0.140. The first-order chi connectivity index (χ1) is 22.6. The predicted octanol–water partition coefficient (Wildman–Crippen LogP) is 5.72. The molecule has 1 aliphatic heterocycles. The van der Waals surface area contributed by atoms with Gasteiger partial charge >= 0.3 is 12.1 Å². The molecule has 0 unspecified atom stereocenters. The molecule has 1 fully saturated rings. The number of imidazole rings is 1. The Hall–Kier alpha value is -4.37. The molecule has 1 aromatic carbocycles. The number of aliphatic carboxylic acids is 1. The number of ether oxygens (including phenoxy) is 1. The van der Waals surface area contributed by atoms with E-state index in [0.717, 1.165) is 31.8 Å². The quantitative estimate of drug-likeness (QED) is 0.181. The van der Waals surface area contributed by atoms with Crippen LogP contribution in [0.5, 0.6) is 0 Å². The van der Waals surface area contributed by atoms with E-state index in [1.807, 2.05) is 25.8 Å². The lowest BCUT2D eigenvalue weighted by atomic mass is 9.94. The Morgan fingerprint density at radius 2 is 1.90 bits per heavy atom. The first-order valence-corrected chi connectivity index (χ1v) is 15.7. The van der Waals surface area contributed by atoms with E-state index in [1.165, 1.54) is 6.07 Å².